The van der Waals surface area contributed by atoms with E-state index in [9.17, 15) is 0 Å². The summed E-state index contributed by atoms with van der Waals surface area (Å²) in [6, 6.07) is 31.7. The molecule has 0 atom stereocenters. The number of pyridine rings is 1. The van der Waals surface area contributed by atoms with Gasteiger partial charge in [-0.1, -0.05) is 96.3 Å². The fourth-order valence-corrected chi connectivity index (χ4v) is 7.94. The van der Waals surface area contributed by atoms with Gasteiger partial charge in [0.2, 0.25) is 5.69 Å². The Morgan fingerprint density at radius 3 is 2.06 bits per heavy atom. The van der Waals surface area contributed by atoms with Gasteiger partial charge in [-0.25, -0.2) is 0 Å². The molecule has 2 heteroatoms. The maximum absolute atomic E-state index is 9.04. The zero-order valence-electron chi connectivity index (χ0n) is 23.5. The Labute approximate surface area is 218 Å². The minimum atomic E-state index is -1.88. The summed E-state index contributed by atoms with van der Waals surface area (Å²) in [6.07, 6.45) is 0. The standard InChI is InChI=1S/C34H36NSi/c1-23-12-11-13-24(2)33(23)27-16-18-31(25(3)20-27)34-32-19-17-30(22-28(32)21-26(4)35(34)5)36(6,7)29-14-9-8-10-15-29/h8-22H,1-7H3/q+1/i21D. The molecule has 1 aromatic heterocycles. The largest absolute Gasteiger partial charge is 0.220 e. The molecule has 36 heavy (non-hydrogen) atoms. The van der Waals surface area contributed by atoms with Crippen LogP contribution in [-0.2, 0) is 7.05 Å². The number of benzene rings is 4. The molecule has 0 N–H and O–H groups in total. The van der Waals surface area contributed by atoms with Crippen LogP contribution in [0.5, 0.6) is 0 Å². The fraction of sp³-hybridized carbons (Fsp3) is 0.206. The molecule has 0 radical (unpaired) electrons. The van der Waals surface area contributed by atoms with E-state index < -0.39 is 8.07 Å². The quantitative estimate of drug-likeness (QED) is 0.189. The molecule has 1 heterocycles. The average molecular weight is 488 g/mol. The van der Waals surface area contributed by atoms with Gasteiger partial charge in [-0.3, -0.25) is 0 Å². The van der Waals surface area contributed by atoms with Gasteiger partial charge < -0.3 is 0 Å². The number of rotatable bonds is 4. The number of hydrogen-bond donors (Lipinski definition) is 0. The first-order valence-electron chi connectivity index (χ1n) is 13.3. The van der Waals surface area contributed by atoms with Crippen LogP contribution < -0.4 is 14.9 Å². The molecule has 0 bridgehead atoms. The van der Waals surface area contributed by atoms with Crippen LogP contribution in [0, 0.1) is 27.7 Å². The van der Waals surface area contributed by atoms with Crippen molar-refractivity contribution in [3.63, 3.8) is 0 Å². The van der Waals surface area contributed by atoms with Crippen molar-refractivity contribution < 1.29 is 5.94 Å². The van der Waals surface area contributed by atoms with Gasteiger partial charge >= 0.3 is 0 Å². The molecule has 0 aliphatic heterocycles. The smallest absolute Gasteiger partial charge is 0.198 e. The van der Waals surface area contributed by atoms with Crippen molar-refractivity contribution in [2.75, 3.05) is 0 Å². The average Bonchev–Trinajstić information content (AvgIpc) is 2.89. The Morgan fingerprint density at radius 2 is 1.39 bits per heavy atom. The summed E-state index contributed by atoms with van der Waals surface area (Å²) in [5.41, 5.74) is 9.81. The van der Waals surface area contributed by atoms with Crippen LogP contribution in [0.2, 0.25) is 13.1 Å². The van der Waals surface area contributed by atoms with E-state index in [1.165, 1.54) is 49.4 Å². The van der Waals surface area contributed by atoms with Crippen molar-refractivity contribution in [2.24, 2.45) is 7.05 Å². The second-order valence-corrected chi connectivity index (χ2v) is 15.1. The Hall–Kier alpha value is -3.49. The first-order chi connectivity index (χ1) is 17.6. The van der Waals surface area contributed by atoms with Crippen molar-refractivity contribution >= 4 is 29.2 Å². The van der Waals surface area contributed by atoms with E-state index in [0.717, 1.165) is 16.5 Å². The monoisotopic (exact) mass is 487 g/mol. The third kappa shape index (κ3) is 4.10. The van der Waals surface area contributed by atoms with Crippen LogP contribution in [0.4, 0.5) is 0 Å². The van der Waals surface area contributed by atoms with E-state index >= 15 is 0 Å². The maximum Gasteiger partial charge on any atom is 0.220 e. The molecular formula is C34H36NSi+. The zero-order valence-corrected chi connectivity index (χ0v) is 23.5. The van der Waals surface area contributed by atoms with Crippen molar-refractivity contribution in [3.8, 4) is 22.4 Å². The van der Waals surface area contributed by atoms with Gasteiger partial charge in [-0.15, -0.1) is 0 Å². The summed E-state index contributed by atoms with van der Waals surface area (Å²) in [6.45, 7) is 13.5. The molecule has 5 rings (SSSR count). The molecule has 0 spiro atoms. The van der Waals surface area contributed by atoms with Gasteiger partial charge in [0, 0.05) is 18.5 Å². The summed E-state index contributed by atoms with van der Waals surface area (Å²) in [5, 5.41) is 4.96. The number of aromatic nitrogens is 1. The van der Waals surface area contributed by atoms with Crippen molar-refractivity contribution in [1.82, 2.24) is 0 Å². The Morgan fingerprint density at radius 1 is 0.694 bits per heavy atom. The molecule has 1 nitrogen and oxygen atoms in total. The molecule has 0 saturated carbocycles. The van der Waals surface area contributed by atoms with Gasteiger partial charge in [-0.05, 0) is 66.1 Å². The summed E-state index contributed by atoms with van der Waals surface area (Å²) in [7, 11) is 0.215. The Balaban J connectivity index is 1.70. The van der Waals surface area contributed by atoms with Crippen molar-refractivity contribution in [3.05, 3.63) is 113 Å². The summed E-state index contributed by atoms with van der Waals surface area (Å²) in [5.74, 6) is 0. The maximum atomic E-state index is 9.04. The third-order valence-electron chi connectivity index (χ3n) is 7.90. The van der Waals surface area contributed by atoms with Crippen molar-refractivity contribution in [2.45, 2.75) is 40.8 Å². The molecular weight excluding hydrogens is 450 g/mol. The molecule has 5 aromatic rings. The lowest BCUT2D eigenvalue weighted by Crippen LogP contribution is -2.52. The van der Waals surface area contributed by atoms with E-state index in [1.807, 2.05) is 0 Å². The van der Waals surface area contributed by atoms with Crippen LogP contribution in [0.15, 0.2) is 91.0 Å². The normalized spacial score (nSPS) is 12.1. The third-order valence-corrected chi connectivity index (χ3v) is 11.4. The first kappa shape index (κ1) is 22.9. The second kappa shape index (κ2) is 9.18. The molecule has 0 unspecified atom stereocenters. The molecule has 180 valence electrons. The predicted molar refractivity (Wildman–Crippen MR) is 158 cm³/mol. The lowest BCUT2D eigenvalue weighted by molar-refractivity contribution is -0.665. The van der Waals surface area contributed by atoms with Crippen LogP contribution >= 0.6 is 0 Å². The van der Waals surface area contributed by atoms with Crippen LogP contribution in [0.25, 0.3) is 33.2 Å². The predicted octanol–water partition coefficient (Wildman–Crippen LogP) is 7.05. The van der Waals surface area contributed by atoms with E-state index in [4.69, 9.17) is 1.37 Å². The molecule has 0 saturated heterocycles. The Kier molecular flexibility index (Phi) is 5.85. The van der Waals surface area contributed by atoms with E-state index in [2.05, 4.69) is 137 Å². The number of aryl methyl sites for hydroxylation is 3. The van der Waals surface area contributed by atoms with Crippen LogP contribution in [0.1, 0.15) is 23.8 Å². The topological polar surface area (TPSA) is 3.88 Å². The summed E-state index contributed by atoms with van der Waals surface area (Å²) < 4.78 is 11.2. The highest BCUT2D eigenvalue weighted by Crippen LogP contribution is 2.33. The lowest BCUT2D eigenvalue weighted by Gasteiger charge is -2.24. The molecule has 0 aliphatic carbocycles. The molecule has 4 aromatic carbocycles. The van der Waals surface area contributed by atoms with Crippen molar-refractivity contribution in [1.29, 1.82) is 0 Å². The Bertz CT molecular complexity index is 1630. The number of nitrogens with zero attached hydrogens (tertiary/aromatic N) is 1. The van der Waals surface area contributed by atoms with Gasteiger partial charge in [0.15, 0.2) is 5.69 Å². The zero-order chi connectivity index (χ0) is 26.5. The fourth-order valence-electron chi connectivity index (χ4n) is 5.57. The van der Waals surface area contributed by atoms with Crippen LogP contribution in [0.3, 0.4) is 0 Å². The van der Waals surface area contributed by atoms with E-state index in [-0.39, 0.29) is 0 Å². The summed E-state index contributed by atoms with van der Waals surface area (Å²) in [4.78, 5) is 0. The van der Waals surface area contributed by atoms with Gasteiger partial charge in [0.25, 0.3) is 0 Å². The molecule has 0 fully saturated rings. The van der Waals surface area contributed by atoms with Gasteiger partial charge in [0.05, 0.1) is 6.76 Å². The molecule has 0 amide bonds. The molecule has 0 aliphatic rings. The highest BCUT2D eigenvalue weighted by molar-refractivity contribution is 7.00. The minimum absolute atomic E-state index is 0.616. The second-order valence-electron chi connectivity index (χ2n) is 10.7. The first-order valence-corrected chi connectivity index (χ1v) is 15.8. The minimum Gasteiger partial charge on any atom is -0.198 e. The highest BCUT2D eigenvalue weighted by atomic mass is 28.3. The number of hydrogen-bond acceptors (Lipinski definition) is 0. The summed E-state index contributed by atoms with van der Waals surface area (Å²) >= 11 is 0. The SMILES string of the molecule is [2H]c1c(C)[n+](C)c(-c2ccc(-c3c(C)cccc3C)cc2C)c2ccc([Si](C)(C)c3ccccc3)cc12. The van der Waals surface area contributed by atoms with Gasteiger partial charge in [-0.2, -0.15) is 4.57 Å². The van der Waals surface area contributed by atoms with Gasteiger partial charge in [0.1, 0.15) is 15.1 Å². The van der Waals surface area contributed by atoms with E-state index in [0.29, 0.717) is 6.04 Å². The van der Waals surface area contributed by atoms with Crippen LogP contribution in [-0.4, -0.2) is 8.07 Å². The van der Waals surface area contributed by atoms with E-state index in [1.54, 1.807) is 0 Å². The lowest BCUT2D eigenvalue weighted by atomic mass is 9.91. The number of fused-ring (bicyclic) bond motifs is 1. The highest BCUT2D eigenvalue weighted by Gasteiger charge is 2.27.